The van der Waals surface area contributed by atoms with Crippen molar-refractivity contribution in [3.63, 3.8) is 0 Å². The molecule has 5 rings (SSSR count). The van der Waals surface area contributed by atoms with E-state index in [1.165, 1.54) is 0 Å². The average Bonchev–Trinajstić information content (AvgIpc) is 3.48. The second-order valence-electron chi connectivity index (χ2n) is 7.04. The Bertz CT molecular complexity index is 1140. The fourth-order valence-corrected chi connectivity index (χ4v) is 3.81. The molecule has 1 aliphatic rings. The molecule has 1 atom stereocenters. The molecule has 1 aromatic carbocycles. The van der Waals surface area contributed by atoms with Crippen LogP contribution in [0.3, 0.4) is 0 Å². The molecule has 2 N–H and O–H groups in total. The molecule has 1 fully saturated rings. The van der Waals surface area contributed by atoms with Crippen molar-refractivity contribution in [2.45, 2.75) is 18.9 Å². The summed E-state index contributed by atoms with van der Waals surface area (Å²) < 4.78 is 3.71. The molecular formula is C20H20ClN7O. The highest BCUT2D eigenvalue weighted by Crippen LogP contribution is 2.26. The maximum atomic E-state index is 9.66. The van der Waals surface area contributed by atoms with Crippen LogP contribution in [0, 0.1) is 0 Å². The highest BCUT2D eigenvalue weighted by Gasteiger charge is 2.27. The molecule has 9 heteroatoms. The Morgan fingerprint density at radius 3 is 2.90 bits per heavy atom. The van der Waals surface area contributed by atoms with Crippen molar-refractivity contribution in [1.29, 1.82) is 0 Å². The predicted octanol–water partition coefficient (Wildman–Crippen LogP) is 3.27. The van der Waals surface area contributed by atoms with E-state index in [4.69, 9.17) is 16.6 Å². The predicted molar refractivity (Wildman–Crippen MR) is 112 cm³/mol. The van der Waals surface area contributed by atoms with Crippen molar-refractivity contribution in [2.24, 2.45) is 0 Å². The monoisotopic (exact) mass is 409 g/mol. The van der Waals surface area contributed by atoms with Gasteiger partial charge in [0, 0.05) is 23.5 Å². The molecule has 0 aliphatic carbocycles. The average molecular weight is 410 g/mol. The zero-order valence-corrected chi connectivity index (χ0v) is 16.4. The van der Waals surface area contributed by atoms with Gasteiger partial charge in [0.1, 0.15) is 17.7 Å². The van der Waals surface area contributed by atoms with E-state index in [1.807, 2.05) is 53.4 Å². The van der Waals surface area contributed by atoms with Crippen LogP contribution in [0.25, 0.3) is 11.2 Å². The number of fused-ring (bicyclic) bond motifs is 1. The van der Waals surface area contributed by atoms with E-state index in [1.54, 1.807) is 10.8 Å². The number of hydrogen-bond acceptors (Lipinski definition) is 6. The number of aromatic nitrogens is 5. The zero-order chi connectivity index (χ0) is 19.8. The Hall–Kier alpha value is -3.10. The standard InChI is InChI=1S/C20H20ClN7O/c21-14-5-7-15(8-6-14)26-11-18(22-13-26)23-19-17-4-2-10-28(17)25-20(24-19)27-9-1-3-16(27)12-29/h2,4-8,10-11,13,16,29H,1,3,9,12H2,(H,23,24,25)/t16-/m0/s1. The Morgan fingerprint density at radius 2 is 2.07 bits per heavy atom. The first kappa shape index (κ1) is 18.0. The third-order valence-electron chi connectivity index (χ3n) is 5.18. The van der Waals surface area contributed by atoms with Gasteiger partial charge in [-0.25, -0.2) is 9.50 Å². The van der Waals surface area contributed by atoms with Crippen LogP contribution in [0.4, 0.5) is 17.6 Å². The van der Waals surface area contributed by atoms with Gasteiger partial charge in [-0.15, -0.1) is 5.10 Å². The lowest BCUT2D eigenvalue weighted by molar-refractivity contribution is 0.265. The molecule has 0 unspecified atom stereocenters. The number of imidazole rings is 1. The number of nitrogens with zero attached hydrogens (tertiary/aromatic N) is 6. The molecule has 1 saturated heterocycles. The van der Waals surface area contributed by atoms with Gasteiger partial charge in [-0.1, -0.05) is 11.6 Å². The number of hydrogen-bond donors (Lipinski definition) is 2. The second kappa shape index (κ2) is 7.38. The maximum Gasteiger partial charge on any atom is 0.245 e. The summed E-state index contributed by atoms with van der Waals surface area (Å²) >= 11 is 5.97. The van der Waals surface area contributed by atoms with Crippen LogP contribution in [0.15, 0.2) is 55.1 Å². The molecule has 4 aromatic rings. The van der Waals surface area contributed by atoms with E-state index in [2.05, 4.69) is 20.3 Å². The van der Waals surface area contributed by atoms with E-state index in [9.17, 15) is 5.11 Å². The van der Waals surface area contributed by atoms with Gasteiger partial charge < -0.3 is 19.9 Å². The normalized spacial score (nSPS) is 16.6. The first-order valence-corrected chi connectivity index (χ1v) is 9.89. The van der Waals surface area contributed by atoms with Gasteiger partial charge in [0.2, 0.25) is 5.95 Å². The van der Waals surface area contributed by atoms with E-state index in [0.29, 0.717) is 22.6 Å². The summed E-state index contributed by atoms with van der Waals surface area (Å²) in [5, 5.41) is 18.3. The Kier molecular flexibility index (Phi) is 4.57. The minimum atomic E-state index is 0.0555. The third kappa shape index (κ3) is 3.41. The number of benzene rings is 1. The Balaban J connectivity index is 1.47. The lowest BCUT2D eigenvalue weighted by atomic mass is 10.2. The van der Waals surface area contributed by atoms with Gasteiger partial charge in [0.05, 0.1) is 18.8 Å². The number of anilines is 3. The molecule has 0 radical (unpaired) electrons. The minimum absolute atomic E-state index is 0.0555. The van der Waals surface area contributed by atoms with Crippen LogP contribution in [0.2, 0.25) is 5.02 Å². The summed E-state index contributed by atoms with van der Waals surface area (Å²) in [6.45, 7) is 0.934. The van der Waals surface area contributed by atoms with Crippen molar-refractivity contribution in [3.05, 3.63) is 60.1 Å². The van der Waals surface area contributed by atoms with Crippen LogP contribution < -0.4 is 10.2 Å². The summed E-state index contributed by atoms with van der Waals surface area (Å²) in [5.41, 5.74) is 1.82. The SMILES string of the molecule is OC[C@@H]1CCCN1c1nc(Nc2cn(-c3ccc(Cl)cc3)cn2)c2cccn2n1. The molecule has 3 aromatic heterocycles. The first-order valence-electron chi connectivity index (χ1n) is 9.51. The van der Waals surface area contributed by atoms with Crippen LogP contribution in [0.1, 0.15) is 12.8 Å². The van der Waals surface area contributed by atoms with Crippen LogP contribution in [-0.4, -0.2) is 48.4 Å². The maximum absolute atomic E-state index is 9.66. The first-order chi connectivity index (χ1) is 14.2. The van der Waals surface area contributed by atoms with Gasteiger partial charge in [0.25, 0.3) is 0 Å². The fourth-order valence-electron chi connectivity index (χ4n) is 3.69. The van der Waals surface area contributed by atoms with Crippen molar-refractivity contribution in [3.8, 4) is 5.69 Å². The van der Waals surface area contributed by atoms with Crippen molar-refractivity contribution in [2.75, 3.05) is 23.4 Å². The Morgan fingerprint density at radius 1 is 1.21 bits per heavy atom. The quantitative estimate of drug-likeness (QED) is 0.526. The van der Waals surface area contributed by atoms with E-state index in [-0.39, 0.29) is 12.6 Å². The molecule has 0 spiro atoms. The molecule has 1 aliphatic heterocycles. The van der Waals surface area contributed by atoms with E-state index >= 15 is 0 Å². The van der Waals surface area contributed by atoms with Gasteiger partial charge in [-0.05, 0) is 49.2 Å². The molecule has 0 amide bonds. The van der Waals surface area contributed by atoms with E-state index in [0.717, 1.165) is 30.6 Å². The number of rotatable bonds is 5. The summed E-state index contributed by atoms with van der Waals surface area (Å²) in [5.74, 6) is 1.95. The van der Waals surface area contributed by atoms with Crippen molar-refractivity contribution < 1.29 is 5.11 Å². The highest BCUT2D eigenvalue weighted by molar-refractivity contribution is 6.30. The fraction of sp³-hybridized carbons (Fsp3) is 0.250. The minimum Gasteiger partial charge on any atom is -0.394 e. The van der Waals surface area contributed by atoms with Gasteiger partial charge in [0.15, 0.2) is 5.82 Å². The molecule has 4 heterocycles. The lowest BCUT2D eigenvalue weighted by Crippen LogP contribution is -2.34. The van der Waals surface area contributed by atoms with Gasteiger partial charge in [-0.3, -0.25) is 0 Å². The molecule has 8 nitrogen and oxygen atoms in total. The number of halogens is 1. The number of aliphatic hydroxyl groups excluding tert-OH is 1. The Labute approximate surface area is 172 Å². The molecule has 148 valence electrons. The third-order valence-corrected chi connectivity index (χ3v) is 5.43. The van der Waals surface area contributed by atoms with E-state index < -0.39 is 0 Å². The second-order valence-corrected chi connectivity index (χ2v) is 7.47. The topological polar surface area (TPSA) is 83.5 Å². The van der Waals surface area contributed by atoms with Crippen LogP contribution in [0.5, 0.6) is 0 Å². The van der Waals surface area contributed by atoms with Crippen molar-refractivity contribution >= 4 is 34.7 Å². The summed E-state index contributed by atoms with van der Waals surface area (Å²) in [6.07, 6.45) is 7.49. The zero-order valence-electron chi connectivity index (χ0n) is 15.6. The number of aliphatic hydroxyl groups is 1. The van der Waals surface area contributed by atoms with Crippen molar-refractivity contribution in [1.82, 2.24) is 24.1 Å². The van der Waals surface area contributed by atoms with Crippen LogP contribution >= 0.6 is 11.6 Å². The smallest absolute Gasteiger partial charge is 0.245 e. The largest absolute Gasteiger partial charge is 0.394 e. The molecule has 29 heavy (non-hydrogen) atoms. The lowest BCUT2D eigenvalue weighted by Gasteiger charge is -2.23. The summed E-state index contributed by atoms with van der Waals surface area (Å²) in [4.78, 5) is 11.3. The summed E-state index contributed by atoms with van der Waals surface area (Å²) in [7, 11) is 0. The molecule has 0 bridgehead atoms. The molecular weight excluding hydrogens is 390 g/mol. The number of nitrogens with one attached hydrogen (secondary N) is 1. The summed E-state index contributed by atoms with van der Waals surface area (Å²) in [6, 6.07) is 11.5. The highest BCUT2D eigenvalue weighted by atomic mass is 35.5. The molecule has 0 saturated carbocycles. The van der Waals surface area contributed by atoms with Gasteiger partial charge >= 0.3 is 0 Å². The van der Waals surface area contributed by atoms with Crippen LogP contribution in [-0.2, 0) is 0 Å². The van der Waals surface area contributed by atoms with Gasteiger partial charge in [-0.2, -0.15) is 4.98 Å².